The number of halogens is 1. The zero-order valence-electron chi connectivity index (χ0n) is 37.0. The quantitative estimate of drug-likeness (QED) is 0.219. The number of hydrogen-bond acceptors (Lipinski definition) is 14. The Kier molecular flexibility index (Phi) is 11.7. The molecule has 18 nitrogen and oxygen atoms in total. The van der Waals surface area contributed by atoms with Crippen LogP contribution < -0.4 is 30.7 Å². The highest BCUT2D eigenvalue weighted by atomic mass is 35.5. The van der Waals surface area contributed by atoms with E-state index in [1.807, 2.05) is 11.0 Å². The molecule has 65 heavy (non-hydrogen) atoms. The number of amides is 4. The number of anilines is 2. The van der Waals surface area contributed by atoms with E-state index in [1.54, 1.807) is 42.7 Å². The van der Waals surface area contributed by atoms with Crippen molar-refractivity contribution in [3.63, 3.8) is 0 Å². The van der Waals surface area contributed by atoms with Gasteiger partial charge >= 0.3 is 0 Å². The van der Waals surface area contributed by atoms with Crippen LogP contribution in [0, 0.1) is 34.0 Å². The van der Waals surface area contributed by atoms with Gasteiger partial charge in [0.1, 0.15) is 29.5 Å². The second-order valence-electron chi connectivity index (χ2n) is 19.2. The molecule has 9 rings (SSSR count). The molecule has 5 fully saturated rings. The van der Waals surface area contributed by atoms with Crippen LogP contribution in [0.5, 0.6) is 5.75 Å². The van der Waals surface area contributed by atoms with Crippen LogP contribution in [-0.4, -0.2) is 129 Å². The Labute approximate surface area is 381 Å². The number of piperazine rings is 1. The molecule has 1 aliphatic carbocycles. The minimum absolute atomic E-state index is 0.116. The van der Waals surface area contributed by atoms with Crippen molar-refractivity contribution < 1.29 is 23.9 Å². The second-order valence-corrected chi connectivity index (χ2v) is 19.6. The third-order valence-electron chi connectivity index (χ3n) is 14.2. The van der Waals surface area contributed by atoms with Crippen LogP contribution in [0.2, 0.25) is 5.02 Å². The van der Waals surface area contributed by atoms with E-state index < -0.39 is 28.3 Å². The number of nitrogens with one attached hydrogen (secondary N) is 2. The van der Waals surface area contributed by atoms with E-state index in [-0.39, 0.29) is 48.6 Å². The number of benzene rings is 2. The van der Waals surface area contributed by atoms with Gasteiger partial charge in [0.15, 0.2) is 0 Å². The normalized spacial score (nSPS) is 23.6. The van der Waals surface area contributed by atoms with Gasteiger partial charge in [-0.3, -0.25) is 34.2 Å². The second kappa shape index (κ2) is 17.3. The van der Waals surface area contributed by atoms with Crippen LogP contribution in [0.15, 0.2) is 53.6 Å². The molecule has 1 saturated carbocycles. The number of aromatic nitrogens is 5. The van der Waals surface area contributed by atoms with E-state index in [1.165, 1.54) is 0 Å². The lowest BCUT2D eigenvalue weighted by atomic mass is 9.49. The number of nitriles is 1. The van der Waals surface area contributed by atoms with Crippen molar-refractivity contribution in [2.75, 3.05) is 68.7 Å². The summed E-state index contributed by atoms with van der Waals surface area (Å²) in [5, 5.41) is 23.5. The Bertz CT molecular complexity index is 2610. The van der Waals surface area contributed by atoms with Gasteiger partial charge in [-0.05, 0) is 55.5 Å². The van der Waals surface area contributed by atoms with Crippen molar-refractivity contribution in [2.45, 2.75) is 71.6 Å². The third kappa shape index (κ3) is 8.47. The van der Waals surface area contributed by atoms with Crippen molar-refractivity contribution in [3.8, 4) is 11.8 Å². The van der Waals surface area contributed by atoms with Crippen LogP contribution in [0.4, 0.5) is 11.6 Å². The number of carbonyl (C=O) groups excluding carboxylic acids is 4. The van der Waals surface area contributed by atoms with E-state index >= 15 is 0 Å². The molecule has 2 aromatic heterocycles. The van der Waals surface area contributed by atoms with Crippen LogP contribution in [-0.2, 0) is 14.4 Å². The summed E-state index contributed by atoms with van der Waals surface area (Å²) in [5.74, 6) is 0.566. The molecule has 4 amide bonds. The maximum absolute atomic E-state index is 13.5. The van der Waals surface area contributed by atoms with Gasteiger partial charge in [0.05, 0.1) is 27.5 Å². The van der Waals surface area contributed by atoms with Crippen LogP contribution >= 0.6 is 11.6 Å². The smallest absolute Gasteiger partial charge is 0.278 e. The molecule has 4 saturated heterocycles. The number of ether oxygens (including phenoxy) is 1. The first-order chi connectivity index (χ1) is 31.1. The SMILES string of the molecule is CC1(C)C(NC(=O)c2cnc(N3CCN(CC4CCN(C(=O)C5CN(c6ccc7nnn(C8CCC(=O)NC8=O)c(=O)c7c6)C5)CC4)CC3)nc2)C(C)(C)C1Oc1ccc(C#N)c(Cl)c1. The van der Waals surface area contributed by atoms with Gasteiger partial charge in [-0.25, -0.2) is 9.97 Å². The Hall–Kier alpha value is -6.19. The molecule has 4 aliphatic heterocycles. The summed E-state index contributed by atoms with van der Waals surface area (Å²) in [6, 6.07) is 11.4. The number of piperidine rings is 2. The molecular weight excluding hydrogens is 852 g/mol. The van der Waals surface area contributed by atoms with Gasteiger partial charge in [0.2, 0.25) is 17.8 Å². The standard InChI is InChI=1S/C46H53ClN12O6/c1-45(2)42(46(3,4)43(45)65-32-7-5-28(21-48)34(47)20-32)52-38(61)29-22-49-44(50-23-29)57-17-15-55(16-18-57)24-27-11-13-56(14-12-27)40(63)30-25-58(26-30)31-6-8-35-33(19-31)41(64)59(54-53-35)36-9-10-37(60)51-39(36)62/h5-8,19-20,22-23,27,30,36,42-43H,9-18,24-26H2,1-4H3,(H,52,61)(H,51,60,62). The highest BCUT2D eigenvalue weighted by molar-refractivity contribution is 6.31. The molecule has 5 aliphatic rings. The lowest BCUT2D eigenvalue weighted by molar-refractivity contribution is -0.164. The first kappa shape index (κ1) is 44.0. The van der Waals surface area contributed by atoms with Gasteiger partial charge in [-0.2, -0.15) is 9.94 Å². The van der Waals surface area contributed by atoms with Crippen LogP contribution in [0.25, 0.3) is 10.9 Å². The third-order valence-corrected chi connectivity index (χ3v) is 14.5. The lowest BCUT2D eigenvalue weighted by Crippen LogP contribution is -2.74. The highest BCUT2D eigenvalue weighted by Crippen LogP contribution is 2.55. The van der Waals surface area contributed by atoms with Crippen molar-refractivity contribution in [2.24, 2.45) is 22.7 Å². The molecule has 340 valence electrons. The van der Waals surface area contributed by atoms with Gasteiger partial charge in [-0.15, -0.1) is 5.10 Å². The minimum Gasteiger partial charge on any atom is -0.489 e. The lowest BCUT2D eigenvalue weighted by Gasteiger charge is -2.63. The number of fused-ring (bicyclic) bond motifs is 1. The summed E-state index contributed by atoms with van der Waals surface area (Å²) in [6.07, 6.45) is 5.19. The maximum atomic E-state index is 13.5. The Morgan fingerprint density at radius 3 is 2.29 bits per heavy atom. The predicted molar refractivity (Wildman–Crippen MR) is 240 cm³/mol. The maximum Gasteiger partial charge on any atom is 0.278 e. The number of imide groups is 1. The number of rotatable bonds is 10. The zero-order valence-corrected chi connectivity index (χ0v) is 37.8. The first-order valence-corrected chi connectivity index (χ1v) is 22.7. The largest absolute Gasteiger partial charge is 0.489 e. The van der Waals surface area contributed by atoms with Crippen molar-refractivity contribution >= 4 is 57.8 Å². The van der Waals surface area contributed by atoms with E-state index in [0.717, 1.165) is 69.0 Å². The molecular formula is C46H53ClN12O6. The average molecular weight is 905 g/mol. The number of hydrogen-bond donors (Lipinski definition) is 2. The fourth-order valence-electron chi connectivity index (χ4n) is 10.7. The topological polar surface area (TPSA) is 212 Å². The fourth-order valence-corrected chi connectivity index (χ4v) is 10.9. The molecule has 1 unspecified atom stereocenters. The zero-order chi connectivity index (χ0) is 45.8. The van der Waals surface area contributed by atoms with Gasteiger partial charge < -0.3 is 24.8 Å². The summed E-state index contributed by atoms with van der Waals surface area (Å²) in [6.45, 7) is 15.1. The monoisotopic (exact) mass is 904 g/mol. The Morgan fingerprint density at radius 2 is 1.63 bits per heavy atom. The summed E-state index contributed by atoms with van der Waals surface area (Å²) in [5.41, 5.74) is 0.764. The van der Waals surface area contributed by atoms with E-state index in [0.29, 0.717) is 57.8 Å². The van der Waals surface area contributed by atoms with E-state index in [2.05, 4.69) is 79.4 Å². The Balaban J connectivity index is 0.702. The molecule has 0 spiro atoms. The molecule has 19 heteroatoms. The number of likely N-dealkylation sites (tertiary alicyclic amines) is 1. The average Bonchev–Trinajstić information content (AvgIpc) is 3.28. The Morgan fingerprint density at radius 1 is 0.923 bits per heavy atom. The summed E-state index contributed by atoms with van der Waals surface area (Å²) < 4.78 is 7.42. The number of carbonyl (C=O) groups is 4. The molecule has 2 N–H and O–H groups in total. The first-order valence-electron chi connectivity index (χ1n) is 22.3. The van der Waals surface area contributed by atoms with Gasteiger partial charge in [-0.1, -0.05) is 44.5 Å². The van der Waals surface area contributed by atoms with Crippen molar-refractivity contribution in [1.82, 2.24) is 45.4 Å². The molecule has 2 aromatic carbocycles. The summed E-state index contributed by atoms with van der Waals surface area (Å²) in [4.78, 5) is 82.3. The van der Waals surface area contributed by atoms with Gasteiger partial charge in [0, 0.05) is 106 Å². The van der Waals surface area contributed by atoms with Crippen LogP contribution in [0.3, 0.4) is 0 Å². The molecule has 0 bridgehead atoms. The molecule has 4 aromatic rings. The van der Waals surface area contributed by atoms with E-state index in [4.69, 9.17) is 16.3 Å². The van der Waals surface area contributed by atoms with Crippen LogP contribution in [0.1, 0.15) is 75.3 Å². The number of nitrogens with zero attached hydrogens (tertiary/aromatic N) is 10. The molecule has 0 radical (unpaired) electrons. The van der Waals surface area contributed by atoms with Crippen molar-refractivity contribution in [3.05, 3.63) is 75.3 Å². The molecule has 6 heterocycles. The fraction of sp³-hybridized carbons (Fsp3) is 0.522. The summed E-state index contributed by atoms with van der Waals surface area (Å²) >= 11 is 6.25. The van der Waals surface area contributed by atoms with Crippen molar-refractivity contribution in [1.29, 1.82) is 5.26 Å². The molecule has 1 atom stereocenters. The minimum atomic E-state index is -0.892. The van der Waals surface area contributed by atoms with E-state index in [9.17, 15) is 29.2 Å². The predicted octanol–water partition coefficient (Wildman–Crippen LogP) is 3.19. The van der Waals surface area contributed by atoms with Gasteiger partial charge in [0.25, 0.3) is 17.4 Å². The summed E-state index contributed by atoms with van der Waals surface area (Å²) in [7, 11) is 0. The highest BCUT2D eigenvalue weighted by Gasteiger charge is 2.64.